The molecule has 3 fully saturated rings. The van der Waals surface area contributed by atoms with Gasteiger partial charge in [0.2, 0.25) is 22.4 Å². The van der Waals surface area contributed by atoms with Crippen LogP contribution < -0.4 is 163 Å². The van der Waals surface area contributed by atoms with Crippen molar-refractivity contribution in [3.8, 4) is 52.9 Å². The van der Waals surface area contributed by atoms with E-state index in [4.69, 9.17) is 91.8 Å². The van der Waals surface area contributed by atoms with Crippen molar-refractivity contribution in [2.24, 2.45) is 28.7 Å². The predicted octanol–water partition coefficient (Wildman–Crippen LogP) is 12.0. The zero-order chi connectivity index (χ0) is 101. The minimum atomic E-state index is -1.30. The first kappa shape index (κ1) is 123. The fourth-order valence-electron chi connectivity index (χ4n) is 13.4. The first-order valence-electron chi connectivity index (χ1n) is 45.5. The van der Waals surface area contributed by atoms with Crippen LogP contribution in [0.1, 0.15) is 159 Å². The molecule has 3 radical (unpaired) electrons. The maximum Gasteiger partial charge on any atom is 1.00 e. The van der Waals surface area contributed by atoms with Crippen molar-refractivity contribution in [2.75, 3.05) is 41.1 Å². The van der Waals surface area contributed by atoms with E-state index in [1.807, 2.05) is 124 Å². The van der Waals surface area contributed by atoms with Gasteiger partial charge in [0.1, 0.15) is 5.52 Å². The minimum Gasteiger partial charge on any atom is -1.00 e. The Labute approximate surface area is 974 Å². The molecular formula is C97H118B2Cl2IK2N26O8S6. The van der Waals surface area contributed by atoms with Crippen LogP contribution >= 0.6 is 114 Å². The largest absolute Gasteiger partial charge is 1.00 e. The monoisotopic (exact) mass is 2260 g/mol. The maximum absolute atomic E-state index is 10.8. The molecule has 0 bridgehead atoms. The number of H-pyrrole nitrogens is 1. The van der Waals surface area contributed by atoms with Crippen molar-refractivity contribution in [1.82, 2.24) is 83.9 Å². The molecule has 0 atom stereocenters. The number of nitrogens with zero attached hydrogens (tertiary/aromatic N) is 16. The number of rotatable bonds is 22. The van der Waals surface area contributed by atoms with Crippen molar-refractivity contribution in [2.45, 2.75) is 179 Å². The number of halogens is 3. The van der Waals surface area contributed by atoms with E-state index in [9.17, 15) is 4.79 Å². The van der Waals surface area contributed by atoms with Gasteiger partial charge in [0.15, 0.2) is 45.4 Å². The number of fused-ring (bicyclic) bond motifs is 3. The Balaban J connectivity index is 0.000000261. The third-order valence-electron chi connectivity index (χ3n) is 20.6. The number of anilines is 4. The van der Waals surface area contributed by atoms with Crippen molar-refractivity contribution in [3.05, 3.63) is 254 Å². The summed E-state index contributed by atoms with van der Waals surface area (Å²) in [7, 11) is -1.30. The summed E-state index contributed by atoms with van der Waals surface area (Å²) in [5, 5.41) is 58.9. The number of aromatic nitrogens is 17. The third-order valence-corrected chi connectivity index (χ3v) is 26.3. The topological polar surface area (TPSA) is 521 Å². The van der Waals surface area contributed by atoms with E-state index in [0.717, 1.165) is 162 Å². The van der Waals surface area contributed by atoms with Gasteiger partial charge >= 0.3 is 110 Å². The first-order valence-corrected chi connectivity index (χ1v) is 52.7. The van der Waals surface area contributed by atoms with Gasteiger partial charge < -0.3 is 95.5 Å². The molecule has 3 aliphatic rings. The van der Waals surface area contributed by atoms with E-state index in [-0.39, 0.29) is 148 Å². The summed E-state index contributed by atoms with van der Waals surface area (Å²) in [6.07, 6.45) is 25.3. The van der Waals surface area contributed by atoms with Gasteiger partial charge in [-0.2, -0.15) is 41.2 Å². The van der Waals surface area contributed by atoms with Crippen molar-refractivity contribution in [3.63, 3.8) is 0 Å². The molecule has 47 heteroatoms. The smallest absolute Gasteiger partial charge is 1.00 e. The third kappa shape index (κ3) is 41.6. The molecule has 0 unspecified atom stereocenters. The Morgan fingerprint density at radius 2 is 0.903 bits per heavy atom. The standard InChI is InChI=1S/C24H30N8S.C18H17ClN6S.C15H11ClN6S.C10H8N2OS.C10H10N2S.C6H14N2.C4H5BO2S.C4H8O.C3H7I.C2H6O.CH2O3.B.2K.H/c1-15(2)32-14-28-21-22(27-13-16-5-10-19(26-12-16)20-4-3-11-33-20)30-24(31-23(21)32)29-18-8-6-17(25)7-9-18;1-11(2)25-10-22-15-16(23-18(19)24-17(15)25)21-9-12-5-6-13(20-8-12)14-4-3-7-26-14;16-15-21-13(12-14(22-15)20-8-19-12)18-7-9-3-4-10(17-6-9)11-2-1-5-23-11;11-10(13)7-3-4-8(12-6-7)9-2-1-5-14-9;11-6-8-3-4-9(12-7-8)10-2-1-5-13-10;7-5-1-2-6(8)4-3-5;6-5(7)4-2-1-3-8-4;1-2-4-5-3-1;1-3(2)4;1-2-3;2-1-4-3;;;;/h3-5,10-12,14-15,17-18H,6-9,13,25H2,1-2H3,(H2,27,29,30,31);3-8,10-11H,9H2,1-2H3,(H,21,23,24);1-6,8H,7H2,(H2,18,19,20,21,22);1-6H,(H2,11,13);1-5,7H,6,11H2;5-6H,1-4,7-8H2;1-3,6-7H;1-4H2;3H,1-2H3;3H,2H2,1H3;1,3H;;;;/q;;;;;;;;;;;;2*+1;-1/p-1. The molecule has 20 rings (SSSR count). The number of ether oxygens (including phenoxy) is 1. The summed E-state index contributed by atoms with van der Waals surface area (Å²) < 4.78 is 10.4. The molecule has 17 aromatic rings. The Morgan fingerprint density at radius 3 is 1.23 bits per heavy atom. The summed E-state index contributed by atoms with van der Waals surface area (Å²) in [5.41, 5.74) is 41.8. The second-order valence-corrected chi connectivity index (χ2v) is 41.2. The summed E-state index contributed by atoms with van der Waals surface area (Å²) in [6, 6.07) is 45.6. The summed E-state index contributed by atoms with van der Waals surface area (Å²) in [6.45, 7) is 18.8. The van der Waals surface area contributed by atoms with E-state index in [1.165, 1.54) is 40.1 Å². The van der Waals surface area contributed by atoms with E-state index in [2.05, 4.69) is 207 Å². The van der Waals surface area contributed by atoms with E-state index in [1.54, 1.807) is 106 Å². The Kier molecular flexibility index (Phi) is 57.4. The van der Waals surface area contributed by atoms with Crippen LogP contribution in [0.3, 0.4) is 0 Å². The zero-order valence-corrected chi connectivity index (χ0v) is 96.4. The number of carbonyl (C=O) groups excluding carboxylic acids is 2. The molecule has 2 saturated carbocycles. The molecule has 1 saturated heterocycles. The number of carbonyl (C=O) groups is 2. The maximum atomic E-state index is 10.8. The van der Waals surface area contributed by atoms with E-state index in [0.29, 0.717) is 89.4 Å². The van der Waals surface area contributed by atoms with Crippen LogP contribution in [0.2, 0.25) is 10.6 Å². The van der Waals surface area contributed by atoms with Crippen molar-refractivity contribution >= 4 is 203 Å². The predicted molar refractivity (Wildman–Crippen MR) is 588 cm³/mol. The number of nitrogens with one attached hydrogen (secondary N) is 5. The second kappa shape index (κ2) is 67.2. The number of hydrogen-bond donors (Lipinski definition) is 13. The van der Waals surface area contributed by atoms with Crippen molar-refractivity contribution in [1.29, 1.82) is 0 Å². The van der Waals surface area contributed by atoms with E-state index >= 15 is 0 Å². The van der Waals surface area contributed by atoms with Gasteiger partial charge in [0.05, 0.1) is 77.4 Å². The molecule has 17 aromatic heterocycles. The number of thiophene rings is 6. The van der Waals surface area contributed by atoms with Crippen LogP contribution in [0.4, 0.5) is 23.4 Å². The van der Waals surface area contributed by atoms with Crippen LogP contribution in [0.25, 0.3) is 86.3 Å². The minimum absolute atomic E-state index is 0. The molecule has 1 amide bonds. The summed E-state index contributed by atoms with van der Waals surface area (Å²) >= 11 is 24.0. The molecule has 18 heterocycles. The first-order chi connectivity index (χ1) is 68.3. The van der Waals surface area contributed by atoms with Gasteiger partial charge in [-0.3, -0.25) is 34.5 Å². The number of aliphatic hydroxyl groups excluding tert-OH is 1. The zero-order valence-electron chi connectivity index (χ0n) is 82.6. The SMILES string of the molecule is C1CCOC1.CC(C)I.CC(C)n1cnc2c(NCc3ccc(-c4cccs4)nc3)nc(Cl)nc21.CC(C)n1cnc2c(NCc3ccc(-c4cccs4)nc3)nc(NC3CCC(N)CC3)nc21.CCO.Clc1nc(NCc2ccc(-c3cccs3)nc2)c2[nH]cnc2n1.NC(=O)c1ccc(-c2cccs2)nc1.NC1CCC(N)CC1.NCc1ccc(-c2cccs2)nc1.O=CO[O-].OB(O)c1cccs1.[B].[H-].[K+].[K+]. The van der Waals surface area contributed by atoms with Crippen LogP contribution in [-0.4, -0.2) is 175 Å². The molecule has 18 N–H and O–H groups in total. The fourth-order valence-corrected chi connectivity index (χ4v) is 17.9. The summed E-state index contributed by atoms with van der Waals surface area (Å²) in [4.78, 5) is 92.6. The summed E-state index contributed by atoms with van der Waals surface area (Å²) in [5.74, 6) is 2.17. The number of nitrogens with two attached hydrogens (primary N) is 5. The van der Waals surface area contributed by atoms with Crippen LogP contribution in [0, 0.1) is 0 Å². The molecule has 749 valence electrons. The molecule has 1 aliphatic heterocycles. The Morgan fingerprint density at radius 1 is 0.542 bits per heavy atom. The average molecular weight is 2270 g/mol. The molecule has 0 spiro atoms. The second-order valence-electron chi connectivity index (χ2n) is 32.3. The van der Waals surface area contributed by atoms with Gasteiger partial charge in [0.25, 0.3) is 6.47 Å². The number of imidazole rings is 3. The molecule has 34 nitrogen and oxygen atoms in total. The number of aliphatic hydroxyl groups is 1. The molecule has 2 aliphatic carbocycles. The normalized spacial score (nSPS) is 14.1. The molecule has 144 heavy (non-hydrogen) atoms. The van der Waals surface area contributed by atoms with Gasteiger partial charge in [-0.25, -0.2) is 15.0 Å². The molecule has 0 aromatic carbocycles. The van der Waals surface area contributed by atoms with Gasteiger partial charge in [-0.15, -0.1) is 56.7 Å². The van der Waals surface area contributed by atoms with Crippen LogP contribution in [0.5, 0.6) is 0 Å². The Hall–Kier alpha value is -7.91. The number of aromatic amines is 1. The fraction of sp³-hybridized carbons (Fsp3) is 0.320. The van der Waals surface area contributed by atoms with Crippen molar-refractivity contribution < 1.29 is 144 Å². The quantitative estimate of drug-likeness (QED) is 0.00570. The number of primary amides is 1. The van der Waals surface area contributed by atoms with Crippen LogP contribution in [0.15, 0.2) is 216 Å². The number of pyridine rings is 5. The van der Waals surface area contributed by atoms with Crippen LogP contribution in [-0.2, 0) is 40.6 Å². The van der Waals surface area contributed by atoms with Gasteiger partial charge in [-0.1, -0.05) is 103 Å². The van der Waals surface area contributed by atoms with E-state index < -0.39 is 13.0 Å². The average Bonchev–Trinajstić information content (AvgIpc) is 1.58. The number of alkyl halides is 1. The van der Waals surface area contributed by atoms with Gasteiger partial charge in [-0.05, 0) is 243 Å². The molecular weight excluding hydrogens is 2150 g/mol. The van der Waals surface area contributed by atoms with Gasteiger partial charge in [0, 0.05) is 130 Å². The number of amides is 1. The number of hydrogen-bond acceptors (Lipinski definition) is 36. The Bertz CT molecular complexity index is 6360.